The summed E-state index contributed by atoms with van der Waals surface area (Å²) in [5.74, 6) is -0.252. The number of carbonyl (C=O) groups excluding carboxylic acids is 1. The predicted octanol–water partition coefficient (Wildman–Crippen LogP) is 2.12. The van der Waals surface area contributed by atoms with Crippen LogP contribution in [0, 0.1) is 0 Å². The maximum Gasteiger partial charge on any atom is 0.313 e. The highest BCUT2D eigenvalue weighted by Crippen LogP contribution is 2.18. The molecule has 1 atom stereocenters. The average molecular weight is 295 g/mol. The lowest BCUT2D eigenvalue weighted by atomic mass is 10.2. The van der Waals surface area contributed by atoms with Crippen LogP contribution in [0.2, 0.25) is 0 Å². The van der Waals surface area contributed by atoms with Gasteiger partial charge in [-0.05, 0) is 30.5 Å². The SMILES string of the molecule is O=C(O)CSCc1cccc(NC(=O)C2CCCO2)c1. The topological polar surface area (TPSA) is 75.6 Å². The Labute approximate surface area is 121 Å². The Hall–Kier alpha value is -1.53. The number of thioether (sulfide) groups is 1. The van der Waals surface area contributed by atoms with E-state index in [-0.39, 0.29) is 17.8 Å². The van der Waals surface area contributed by atoms with E-state index in [2.05, 4.69) is 5.32 Å². The largest absolute Gasteiger partial charge is 0.481 e. The summed E-state index contributed by atoms with van der Waals surface area (Å²) in [5.41, 5.74) is 1.71. The second-order valence-electron chi connectivity index (χ2n) is 4.58. The molecule has 20 heavy (non-hydrogen) atoms. The fourth-order valence-corrected chi connectivity index (χ4v) is 2.69. The van der Waals surface area contributed by atoms with Gasteiger partial charge in [0.1, 0.15) is 6.10 Å². The molecule has 5 nitrogen and oxygen atoms in total. The highest BCUT2D eigenvalue weighted by atomic mass is 32.2. The number of aliphatic carboxylic acids is 1. The summed E-state index contributed by atoms with van der Waals surface area (Å²) < 4.78 is 5.33. The van der Waals surface area contributed by atoms with Crippen LogP contribution in [-0.2, 0) is 20.1 Å². The minimum Gasteiger partial charge on any atom is -0.481 e. The van der Waals surface area contributed by atoms with E-state index < -0.39 is 5.97 Å². The Morgan fingerprint density at radius 3 is 3.00 bits per heavy atom. The van der Waals surface area contributed by atoms with E-state index in [9.17, 15) is 9.59 Å². The van der Waals surface area contributed by atoms with Crippen LogP contribution in [0.3, 0.4) is 0 Å². The van der Waals surface area contributed by atoms with E-state index >= 15 is 0 Å². The number of hydrogen-bond acceptors (Lipinski definition) is 4. The van der Waals surface area contributed by atoms with Gasteiger partial charge in [0.15, 0.2) is 0 Å². The molecule has 0 spiro atoms. The third-order valence-electron chi connectivity index (χ3n) is 2.91. The van der Waals surface area contributed by atoms with E-state index in [1.807, 2.05) is 24.3 Å². The van der Waals surface area contributed by atoms with Crippen LogP contribution in [0.5, 0.6) is 0 Å². The molecule has 1 heterocycles. The van der Waals surface area contributed by atoms with Crippen LogP contribution in [0.15, 0.2) is 24.3 Å². The number of benzene rings is 1. The number of carboxylic acids is 1. The first-order chi connectivity index (χ1) is 9.65. The van der Waals surface area contributed by atoms with Crippen molar-refractivity contribution in [2.24, 2.45) is 0 Å². The highest BCUT2D eigenvalue weighted by Gasteiger charge is 2.23. The molecular weight excluding hydrogens is 278 g/mol. The van der Waals surface area contributed by atoms with Crippen molar-refractivity contribution in [2.75, 3.05) is 17.7 Å². The summed E-state index contributed by atoms with van der Waals surface area (Å²) in [6.07, 6.45) is 1.34. The third kappa shape index (κ3) is 4.54. The zero-order valence-electron chi connectivity index (χ0n) is 11.0. The molecule has 2 rings (SSSR count). The first-order valence-corrected chi connectivity index (χ1v) is 7.61. The number of anilines is 1. The summed E-state index contributed by atoms with van der Waals surface area (Å²) >= 11 is 1.33. The molecule has 0 bridgehead atoms. The van der Waals surface area contributed by atoms with Gasteiger partial charge in [0, 0.05) is 18.0 Å². The Bertz CT molecular complexity index is 486. The molecular formula is C14H17NO4S. The first kappa shape index (κ1) is 14.9. The molecule has 1 saturated heterocycles. The maximum absolute atomic E-state index is 11.9. The maximum atomic E-state index is 11.9. The van der Waals surface area contributed by atoms with Crippen LogP contribution in [0.4, 0.5) is 5.69 Å². The van der Waals surface area contributed by atoms with Gasteiger partial charge in [0.25, 0.3) is 5.91 Å². The first-order valence-electron chi connectivity index (χ1n) is 6.46. The standard InChI is InChI=1S/C14H17NO4S/c16-13(17)9-20-8-10-3-1-4-11(7-10)15-14(18)12-5-2-6-19-12/h1,3-4,7,12H,2,5-6,8-9H2,(H,15,18)(H,16,17). The van der Waals surface area contributed by atoms with Crippen LogP contribution in [-0.4, -0.2) is 35.4 Å². The molecule has 1 unspecified atom stereocenters. The molecule has 1 aliphatic heterocycles. The molecule has 1 aromatic carbocycles. The fourth-order valence-electron chi connectivity index (χ4n) is 2.00. The lowest BCUT2D eigenvalue weighted by Crippen LogP contribution is -2.26. The molecule has 0 radical (unpaired) electrons. The summed E-state index contributed by atoms with van der Waals surface area (Å²) in [4.78, 5) is 22.4. The second-order valence-corrected chi connectivity index (χ2v) is 5.56. The van der Waals surface area contributed by atoms with Gasteiger partial charge in [0.05, 0.1) is 5.75 Å². The van der Waals surface area contributed by atoms with Gasteiger partial charge in [-0.1, -0.05) is 12.1 Å². The van der Waals surface area contributed by atoms with Gasteiger partial charge >= 0.3 is 5.97 Å². The molecule has 0 aromatic heterocycles. The van der Waals surface area contributed by atoms with E-state index in [1.165, 1.54) is 11.8 Å². The molecule has 0 saturated carbocycles. The third-order valence-corrected chi connectivity index (χ3v) is 3.90. The van der Waals surface area contributed by atoms with Crippen molar-refractivity contribution < 1.29 is 19.4 Å². The van der Waals surface area contributed by atoms with Crippen molar-refractivity contribution in [1.29, 1.82) is 0 Å². The molecule has 6 heteroatoms. The van der Waals surface area contributed by atoms with Crippen LogP contribution in [0.25, 0.3) is 0 Å². The minimum atomic E-state index is -0.821. The molecule has 2 N–H and O–H groups in total. The van der Waals surface area contributed by atoms with Gasteiger partial charge in [-0.25, -0.2) is 0 Å². The summed E-state index contributed by atoms with van der Waals surface area (Å²) in [5, 5.41) is 11.4. The Balaban J connectivity index is 1.88. The van der Waals surface area contributed by atoms with Crippen molar-refractivity contribution in [3.8, 4) is 0 Å². The van der Waals surface area contributed by atoms with Crippen molar-refractivity contribution in [2.45, 2.75) is 24.7 Å². The zero-order valence-corrected chi connectivity index (χ0v) is 11.8. The fraction of sp³-hybridized carbons (Fsp3) is 0.429. The van der Waals surface area contributed by atoms with Gasteiger partial charge in [-0.15, -0.1) is 11.8 Å². The van der Waals surface area contributed by atoms with E-state index in [1.54, 1.807) is 0 Å². The van der Waals surface area contributed by atoms with E-state index in [0.717, 1.165) is 24.1 Å². The van der Waals surface area contributed by atoms with Crippen molar-refractivity contribution in [3.63, 3.8) is 0 Å². The average Bonchev–Trinajstić information content (AvgIpc) is 2.92. The molecule has 1 aliphatic rings. The Morgan fingerprint density at radius 1 is 1.45 bits per heavy atom. The van der Waals surface area contributed by atoms with Crippen molar-refractivity contribution >= 4 is 29.3 Å². The number of carboxylic acid groups (broad SMARTS) is 1. The lowest BCUT2D eigenvalue weighted by molar-refractivity contribution is -0.134. The number of amides is 1. The number of ether oxygens (including phenoxy) is 1. The van der Waals surface area contributed by atoms with Crippen LogP contribution in [0.1, 0.15) is 18.4 Å². The number of nitrogens with one attached hydrogen (secondary N) is 1. The van der Waals surface area contributed by atoms with Gasteiger partial charge in [-0.2, -0.15) is 0 Å². The number of rotatable bonds is 6. The van der Waals surface area contributed by atoms with Gasteiger partial charge in [-0.3, -0.25) is 9.59 Å². The molecule has 1 amide bonds. The highest BCUT2D eigenvalue weighted by molar-refractivity contribution is 7.99. The summed E-state index contributed by atoms with van der Waals surface area (Å²) in [7, 11) is 0. The molecule has 1 aromatic rings. The van der Waals surface area contributed by atoms with Crippen LogP contribution >= 0.6 is 11.8 Å². The molecule has 108 valence electrons. The predicted molar refractivity (Wildman–Crippen MR) is 77.8 cm³/mol. The number of hydrogen-bond donors (Lipinski definition) is 2. The Morgan fingerprint density at radius 2 is 2.30 bits per heavy atom. The second kappa shape index (κ2) is 7.31. The summed E-state index contributed by atoms with van der Waals surface area (Å²) in [6, 6.07) is 7.44. The monoisotopic (exact) mass is 295 g/mol. The smallest absolute Gasteiger partial charge is 0.313 e. The van der Waals surface area contributed by atoms with Crippen molar-refractivity contribution in [1.82, 2.24) is 0 Å². The van der Waals surface area contributed by atoms with Gasteiger partial charge in [0.2, 0.25) is 0 Å². The van der Waals surface area contributed by atoms with E-state index in [0.29, 0.717) is 12.4 Å². The quantitative estimate of drug-likeness (QED) is 0.841. The Kier molecular flexibility index (Phi) is 5.43. The molecule has 0 aliphatic carbocycles. The van der Waals surface area contributed by atoms with Gasteiger partial charge < -0.3 is 15.2 Å². The van der Waals surface area contributed by atoms with Crippen molar-refractivity contribution in [3.05, 3.63) is 29.8 Å². The minimum absolute atomic E-state index is 0.0759. The normalized spacial score (nSPS) is 17.9. The van der Waals surface area contributed by atoms with Crippen LogP contribution < -0.4 is 5.32 Å². The summed E-state index contributed by atoms with van der Waals surface area (Å²) in [6.45, 7) is 0.643. The van der Waals surface area contributed by atoms with E-state index in [4.69, 9.17) is 9.84 Å². The molecule has 1 fully saturated rings. The number of carbonyl (C=O) groups is 2. The zero-order chi connectivity index (χ0) is 14.4. The lowest BCUT2D eigenvalue weighted by Gasteiger charge is -2.11.